The van der Waals surface area contributed by atoms with Crippen LogP contribution in [0.25, 0.3) is 0 Å². The Balaban J connectivity index is 3.14. The molecule has 2 nitrogen and oxygen atoms in total. The Labute approximate surface area is 95.8 Å². The highest BCUT2D eigenvalue weighted by Crippen LogP contribution is 2.29. The molecular formula is C12H17ClO2. The quantitative estimate of drug-likeness (QED) is 0.806. The van der Waals surface area contributed by atoms with Crippen LogP contribution in [0.1, 0.15) is 29.7 Å². The Kier molecular flexibility index (Phi) is 4.00. The Morgan fingerprint density at radius 2 is 1.73 bits per heavy atom. The highest BCUT2D eigenvalue weighted by Gasteiger charge is 2.16. The van der Waals surface area contributed by atoms with Gasteiger partial charge in [0.25, 0.3) is 0 Å². The molecular weight excluding hydrogens is 212 g/mol. The van der Waals surface area contributed by atoms with Crippen LogP contribution in [0.5, 0.6) is 5.75 Å². The van der Waals surface area contributed by atoms with Gasteiger partial charge in [-0.15, -0.1) is 11.6 Å². The van der Waals surface area contributed by atoms with Gasteiger partial charge in [0.2, 0.25) is 0 Å². The van der Waals surface area contributed by atoms with Crippen molar-refractivity contribution in [3.63, 3.8) is 0 Å². The van der Waals surface area contributed by atoms with Gasteiger partial charge in [0.15, 0.2) is 0 Å². The van der Waals surface area contributed by atoms with Crippen molar-refractivity contribution in [2.45, 2.75) is 32.3 Å². The van der Waals surface area contributed by atoms with Gasteiger partial charge >= 0.3 is 0 Å². The zero-order valence-corrected chi connectivity index (χ0v) is 10.3. The van der Waals surface area contributed by atoms with E-state index in [1.165, 1.54) is 0 Å². The van der Waals surface area contributed by atoms with Crippen molar-refractivity contribution in [3.8, 4) is 5.75 Å². The predicted octanol–water partition coefficient (Wildman–Crippen LogP) is 2.97. The first kappa shape index (κ1) is 12.3. The van der Waals surface area contributed by atoms with E-state index in [4.69, 9.17) is 16.3 Å². The zero-order valence-electron chi connectivity index (χ0n) is 9.54. The topological polar surface area (TPSA) is 29.5 Å². The van der Waals surface area contributed by atoms with E-state index >= 15 is 0 Å². The summed E-state index contributed by atoms with van der Waals surface area (Å²) in [5.74, 6) is 0.869. The molecule has 0 spiro atoms. The lowest BCUT2D eigenvalue weighted by Gasteiger charge is -2.17. The molecule has 0 radical (unpaired) electrons. The number of aryl methyl sites for hydroxylation is 2. The lowest BCUT2D eigenvalue weighted by molar-refractivity contribution is 0.177. The van der Waals surface area contributed by atoms with Crippen molar-refractivity contribution in [2.24, 2.45) is 0 Å². The summed E-state index contributed by atoms with van der Waals surface area (Å²) in [5, 5.41) is 9.54. The monoisotopic (exact) mass is 228 g/mol. The maximum absolute atomic E-state index is 9.84. The van der Waals surface area contributed by atoms with E-state index in [2.05, 4.69) is 0 Å². The minimum absolute atomic E-state index is 0.294. The number of benzene rings is 1. The Morgan fingerprint density at radius 1 is 1.27 bits per heavy atom. The molecule has 2 atom stereocenters. The van der Waals surface area contributed by atoms with Crippen LogP contribution in [0.2, 0.25) is 0 Å². The van der Waals surface area contributed by atoms with Gasteiger partial charge < -0.3 is 9.84 Å². The highest BCUT2D eigenvalue weighted by atomic mass is 35.5. The summed E-state index contributed by atoms with van der Waals surface area (Å²) in [7, 11) is 1.65. The van der Waals surface area contributed by atoms with Crippen molar-refractivity contribution >= 4 is 11.6 Å². The van der Waals surface area contributed by atoms with Crippen molar-refractivity contribution < 1.29 is 9.84 Å². The summed E-state index contributed by atoms with van der Waals surface area (Å²) < 4.78 is 5.26. The second-order valence-corrected chi connectivity index (χ2v) is 4.50. The van der Waals surface area contributed by atoms with E-state index < -0.39 is 6.10 Å². The summed E-state index contributed by atoms with van der Waals surface area (Å²) in [6.45, 7) is 5.70. The van der Waals surface area contributed by atoms with E-state index in [1.807, 2.05) is 26.0 Å². The van der Waals surface area contributed by atoms with Crippen LogP contribution in [0.4, 0.5) is 0 Å². The third-order valence-electron chi connectivity index (χ3n) is 2.46. The van der Waals surface area contributed by atoms with Gasteiger partial charge in [-0.05, 0) is 49.6 Å². The molecule has 0 amide bonds. The molecule has 2 unspecified atom stereocenters. The zero-order chi connectivity index (χ0) is 11.6. The summed E-state index contributed by atoms with van der Waals surface area (Å²) in [6, 6.07) is 3.82. The summed E-state index contributed by atoms with van der Waals surface area (Å²) in [4.78, 5) is 0. The molecule has 15 heavy (non-hydrogen) atoms. The first-order chi connectivity index (χ1) is 6.97. The molecule has 1 aromatic rings. The van der Waals surface area contributed by atoms with Gasteiger partial charge in [-0.2, -0.15) is 0 Å². The summed E-state index contributed by atoms with van der Waals surface area (Å²) >= 11 is 5.86. The molecule has 1 N–H and O–H groups in total. The van der Waals surface area contributed by atoms with E-state index in [0.29, 0.717) is 0 Å². The number of ether oxygens (including phenoxy) is 1. The van der Waals surface area contributed by atoms with Crippen LogP contribution >= 0.6 is 11.6 Å². The van der Waals surface area contributed by atoms with E-state index in [0.717, 1.165) is 22.4 Å². The maximum atomic E-state index is 9.84. The number of rotatable bonds is 3. The SMILES string of the molecule is COc1c(C)cc(C(O)C(C)Cl)cc1C. The molecule has 0 fully saturated rings. The molecule has 0 aromatic heterocycles. The number of halogens is 1. The molecule has 0 saturated heterocycles. The standard InChI is InChI=1S/C12H17ClO2/c1-7-5-10(11(14)9(3)13)6-8(2)12(7)15-4/h5-6,9,11,14H,1-4H3. The molecule has 3 heteroatoms. The molecule has 0 aliphatic heterocycles. The summed E-state index contributed by atoms with van der Waals surface area (Å²) in [5.41, 5.74) is 2.88. The number of methoxy groups -OCH3 is 1. The smallest absolute Gasteiger partial charge is 0.124 e. The van der Waals surface area contributed by atoms with Crippen molar-refractivity contribution in [1.29, 1.82) is 0 Å². The normalized spacial score (nSPS) is 14.8. The third kappa shape index (κ3) is 2.64. The molecule has 84 valence electrons. The molecule has 0 aliphatic rings. The maximum Gasteiger partial charge on any atom is 0.124 e. The van der Waals surface area contributed by atoms with E-state index in [9.17, 15) is 5.11 Å². The van der Waals surface area contributed by atoms with Crippen LogP contribution in [0.15, 0.2) is 12.1 Å². The van der Waals surface area contributed by atoms with Gasteiger partial charge in [-0.25, -0.2) is 0 Å². The van der Waals surface area contributed by atoms with Crippen LogP contribution in [-0.2, 0) is 0 Å². The minimum atomic E-state index is -0.630. The number of aliphatic hydroxyl groups is 1. The van der Waals surface area contributed by atoms with Gasteiger partial charge in [0, 0.05) is 0 Å². The average molecular weight is 229 g/mol. The predicted molar refractivity (Wildman–Crippen MR) is 62.7 cm³/mol. The van der Waals surface area contributed by atoms with Gasteiger partial charge in [-0.1, -0.05) is 0 Å². The fourth-order valence-electron chi connectivity index (χ4n) is 1.74. The van der Waals surface area contributed by atoms with Crippen molar-refractivity contribution in [1.82, 2.24) is 0 Å². The fraction of sp³-hybridized carbons (Fsp3) is 0.500. The number of hydrogen-bond acceptors (Lipinski definition) is 2. The van der Waals surface area contributed by atoms with Gasteiger partial charge in [0.1, 0.15) is 5.75 Å². The average Bonchev–Trinajstić information content (AvgIpc) is 2.15. The summed E-state index contributed by atoms with van der Waals surface area (Å²) in [6.07, 6.45) is -0.630. The second kappa shape index (κ2) is 4.86. The van der Waals surface area contributed by atoms with Gasteiger partial charge in [0.05, 0.1) is 18.6 Å². The Morgan fingerprint density at radius 3 is 2.07 bits per heavy atom. The van der Waals surface area contributed by atoms with E-state index in [-0.39, 0.29) is 5.38 Å². The largest absolute Gasteiger partial charge is 0.496 e. The number of aliphatic hydroxyl groups excluding tert-OH is 1. The molecule has 0 saturated carbocycles. The lowest BCUT2D eigenvalue weighted by atomic mass is 10.0. The molecule has 0 bridgehead atoms. The minimum Gasteiger partial charge on any atom is -0.496 e. The number of alkyl halides is 1. The number of hydrogen-bond donors (Lipinski definition) is 1. The van der Waals surface area contributed by atoms with Gasteiger partial charge in [-0.3, -0.25) is 0 Å². The van der Waals surface area contributed by atoms with Crippen LogP contribution in [0, 0.1) is 13.8 Å². The molecule has 1 rings (SSSR count). The van der Waals surface area contributed by atoms with Crippen molar-refractivity contribution in [3.05, 3.63) is 28.8 Å². The lowest BCUT2D eigenvalue weighted by Crippen LogP contribution is -2.09. The first-order valence-electron chi connectivity index (χ1n) is 4.94. The van der Waals surface area contributed by atoms with Crippen molar-refractivity contribution in [2.75, 3.05) is 7.11 Å². The highest BCUT2D eigenvalue weighted by molar-refractivity contribution is 6.20. The second-order valence-electron chi connectivity index (χ2n) is 3.81. The van der Waals surface area contributed by atoms with Crippen LogP contribution in [0.3, 0.4) is 0 Å². The Hall–Kier alpha value is -0.730. The third-order valence-corrected chi connectivity index (χ3v) is 2.70. The van der Waals surface area contributed by atoms with Crippen LogP contribution in [-0.4, -0.2) is 17.6 Å². The van der Waals surface area contributed by atoms with E-state index in [1.54, 1.807) is 14.0 Å². The Bertz CT molecular complexity index is 324. The first-order valence-corrected chi connectivity index (χ1v) is 5.38. The molecule has 0 heterocycles. The molecule has 1 aromatic carbocycles. The van der Waals surface area contributed by atoms with Crippen LogP contribution < -0.4 is 4.74 Å². The fourth-order valence-corrected chi connectivity index (χ4v) is 1.89. The molecule has 0 aliphatic carbocycles.